The number of amides is 2. The van der Waals surface area contributed by atoms with Crippen LogP contribution in [-0.2, 0) is 4.79 Å². The van der Waals surface area contributed by atoms with Gasteiger partial charge < -0.3 is 10.6 Å². The Morgan fingerprint density at radius 2 is 1.70 bits per heavy atom. The molecule has 1 aliphatic rings. The number of hydrogen-bond acceptors (Lipinski definition) is 3. The molecule has 5 heteroatoms. The van der Waals surface area contributed by atoms with Gasteiger partial charge in [0, 0.05) is 17.3 Å². The second-order valence-electron chi connectivity index (χ2n) is 7.61. The zero-order chi connectivity index (χ0) is 17.6. The Bertz CT molecular complexity index is 630. The van der Waals surface area contributed by atoms with E-state index in [4.69, 9.17) is 0 Å². The fourth-order valence-corrected chi connectivity index (χ4v) is 4.41. The molecular weight excluding hydrogens is 308 g/mol. The van der Waals surface area contributed by atoms with Crippen molar-refractivity contribution in [2.45, 2.75) is 54.9 Å². The molecule has 23 heavy (non-hydrogen) atoms. The topological polar surface area (TPSA) is 58.2 Å². The van der Waals surface area contributed by atoms with Crippen molar-refractivity contribution < 1.29 is 9.59 Å². The molecule has 2 rings (SSSR count). The lowest BCUT2D eigenvalue weighted by Crippen LogP contribution is -2.26. The van der Waals surface area contributed by atoms with Crippen molar-refractivity contribution in [1.82, 2.24) is 5.32 Å². The molecule has 0 radical (unpaired) electrons. The van der Waals surface area contributed by atoms with Crippen molar-refractivity contribution >= 4 is 28.2 Å². The summed E-state index contributed by atoms with van der Waals surface area (Å²) in [7, 11) is 0. The lowest BCUT2D eigenvalue weighted by molar-refractivity contribution is -0.118. The first-order chi connectivity index (χ1) is 10.6. The molecule has 4 nitrogen and oxygen atoms in total. The van der Waals surface area contributed by atoms with Crippen LogP contribution in [0.4, 0.5) is 5.00 Å². The summed E-state index contributed by atoms with van der Waals surface area (Å²) < 4.78 is 0. The zero-order valence-corrected chi connectivity index (χ0v) is 16.0. The van der Waals surface area contributed by atoms with Crippen molar-refractivity contribution in [3.8, 4) is 0 Å². The van der Waals surface area contributed by atoms with Crippen molar-refractivity contribution in [1.29, 1.82) is 0 Å². The van der Waals surface area contributed by atoms with E-state index < -0.39 is 0 Å². The Labute approximate surface area is 143 Å². The Hall–Kier alpha value is -1.36. The van der Waals surface area contributed by atoms with E-state index in [2.05, 4.69) is 38.3 Å². The van der Waals surface area contributed by atoms with E-state index in [0.29, 0.717) is 17.1 Å². The third-order valence-electron chi connectivity index (χ3n) is 5.67. The number of thiophene rings is 1. The Morgan fingerprint density at radius 3 is 2.17 bits per heavy atom. The average Bonchev–Trinajstić information content (AvgIpc) is 2.68. The molecule has 2 amide bonds. The van der Waals surface area contributed by atoms with Crippen LogP contribution in [0, 0.1) is 30.6 Å². The van der Waals surface area contributed by atoms with E-state index in [9.17, 15) is 9.59 Å². The van der Waals surface area contributed by atoms with Crippen LogP contribution in [-0.4, -0.2) is 18.4 Å². The van der Waals surface area contributed by atoms with Gasteiger partial charge in [-0.2, -0.15) is 0 Å². The highest BCUT2D eigenvalue weighted by Crippen LogP contribution is 2.68. The lowest BCUT2D eigenvalue weighted by Gasteiger charge is -2.09. The van der Waals surface area contributed by atoms with Gasteiger partial charge in [0.2, 0.25) is 5.91 Å². The van der Waals surface area contributed by atoms with Gasteiger partial charge >= 0.3 is 0 Å². The van der Waals surface area contributed by atoms with Gasteiger partial charge in [0.05, 0.1) is 5.56 Å². The van der Waals surface area contributed by atoms with Gasteiger partial charge in [-0.25, -0.2) is 0 Å². The third-order valence-corrected chi connectivity index (χ3v) is 6.79. The number of nitrogens with one attached hydrogen (secondary N) is 2. The van der Waals surface area contributed by atoms with Gasteiger partial charge in [-0.1, -0.05) is 34.6 Å². The van der Waals surface area contributed by atoms with Crippen molar-refractivity contribution in [3.63, 3.8) is 0 Å². The summed E-state index contributed by atoms with van der Waals surface area (Å²) in [5.74, 6) is -0.103. The summed E-state index contributed by atoms with van der Waals surface area (Å²) in [5.41, 5.74) is 1.55. The molecule has 0 aliphatic heterocycles. The SMILES string of the molecule is CCCNC(=O)c1c(NC(=O)C2C(C)(C)C2(C)C)sc(C)c1C. The molecule has 0 bridgehead atoms. The maximum atomic E-state index is 12.7. The van der Waals surface area contributed by atoms with Crippen LogP contribution in [0.5, 0.6) is 0 Å². The van der Waals surface area contributed by atoms with Gasteiger partial charge in [-0.15, -0.1) is 11.3 Å². The molecule has 1 fully saturated rings. The van der Waals surface area contributed by atoms with Crippen LogP contribution >= 0.6 is 11.3 Å². The first-order valence-corrected chi connectivity index (χ1v) is 9.06. The zero-order valence-electron chi connectivity index (χ0n) is 15.2. The summed E-state index contributed by atoms with van der Waals surface area (Å²) in [6.07, 6.45) is 0.889. The molecule has 2 N–H and O–H groups in total. The van der Waals surface area contributed by atoms with E-state index >= 15 is 0 Å². The fourth-order valence-electron chi connectivity index (χ4n) is 3.35. The monoisotopic (exact) mass is 336 g/mol. The minimum Gasteiger partial charge on any atom is -0.352 e. The first-order valence-electron chi connectivity index (χ1n) is 8.24. The number of carbonyl (C=O) groups is 2. The summed E-state index contributed by atoms with van der Waals surface area (Å²) in [6.45, 7) is 15.1. The fraction of sp³-hybridized carbons (Fsp3) is 0.667. The molecule has 1 aliphatic carbocycles. The lowest BCUT2D eigenvalue weighted by atomic mass is 10.0. The van der Waals surface area contributed by atoms with E-state index in [0.717, 1.165) is 16.9 Å². The summed E-state index contributed by atoms with van der Waals surface area (Å²) >= 11 is 1.48. The highest BCUT2D eigenvalue weighted by molar-refractivity contribution is 7.16. The highest BCUT2D eigenvalue weighted by atomic mass is 32.1. The van der Waals surface area contributed by atoms with Crippen LogP contribution in [0.2, 0.25) is 0 Å². The Balaban J connectivity index is 2.23. The van der Waals surface area contributed by atoms with Gasteiger partial charge in [0.15, 0.2) is 0 Å². The maximum Gasteiger partial charge on any atom is 0.254 e. The second-order valence-corrected chi connectivity index (χ2v) is 8.83. The Kier molecular flexibility index (Phi) is 4.64. The number of aryl methyl sites for hydroxylation is 1. The molecule has 128 valence electrons. The quantitative estimate of drug-likeness (QED) is 0.849. The van der Waals surface area contributed by atoms with E-state index in [1.54, 1.807) is 0 Å². The predicted molar refractivity (Wildman–Crippen MR) is 96.1 cm³/mol. The second kappa shape index (κ2) is 5.93. The average molecular weight is 337 g/mol. The molecule has 1 saturated carbocycles. The van der Waals surface area contributed by atoms with E-state index in [-0.39, 0.29) is 28.6 Å². The van der Waals surface area contributed by atoms with Crippen LogP contribution in [0.25, 0.3) is 0 Å². The third kappa shape index (κ3) is 2.91. The summed E-state index contributed by atoms with van der Waals surface area (Å²) in [5, 5.41) is 6.61. The van der Waals surface area contributed by atoms with Gasteiger partial charge in [0.1, 0.15) is 5.00 Å². The highest BCUT2D eigenvalue weighted by Gasteiger charge is 2.68. The largest absolute Gasteiger partial charge is 0.352 e. The molecule has 0 saturated heterocycles. The molecule has 0 spiro atoms. The van der Waals surface area contributed by atoms with Crippen LogP contribution < -0.4 is 10.6 Å². The minimum atomic E-state index is -0.0988. The van der Waals surface area contributed by atoms with Gasteiger partial charge in [-0.3, -0.25) is 9.59 Å². The molecule has 0 atom stereocenters. The van der Waals surface area contributed by atoms with Gasteiger partial charge in [0.25, 0.3) is 5.91 Å². The van der Waals surface area contributed by atoms with Crippen LogP contribution in [0.15, 0.2) is 0 Å². The summed E-state index contributed by atoms with van der Waals surface area (Å²) in [4.78, 5) is 26.2. The van der Waals surface area contributed by atoms with Crippen LogP contribution in [0.3, 0.4) is 0 Å². The number of hydrogen-bond donors (Lipinski definition) is 2. The van der Waals surface area contributed by atoms with E-state index in [1.807, 2.05) is 20.8 Å². The molecule has 0 aromatic carbocycles. The molecule has 1 heterocycles. The summed E-state index contributed by atoms with van der Waals surface area (Å²) in [6, 6.07) is 0. The molecule has 0 unspecified atom stereocenters. The normalized spacial score (nSPS) is 18.6. The smallest absolute Gasteiger partial charge is 0.254 e. The van der Waals surface area contributed by atoms with Gasteiger partial charge in [-0.05, 0) is 36.7 Å². The molecule has 1 aromatic rings. The van der Waals surface area contributed by atoms with E-state index in [1.165, 1.54) is 11.3 Å². The molecular formula is C18H28N2O2S. The number of anilines is 1. The van der Waals surface area contributed by atoms with Crippen molar-refractivity contribution in [2.24, 2.45) is 16.7 Å². The van der Waals surface area contributed by atoms with Crippen LogP contribution in [0.1, 0.15) is 61.8 Å². The standard InChI is InChI=1S/C18H28N2O2S/c1-8-9-19-14(21)12-10(2)11(3)23-16(12)20-15(22)13-17(4,5)18(13,6)7/h13H,8-9H2,1-7H3,(H,19,21)(H,20,22). The first kappa shape index (κ1) is 18.0. The molecule has 1 aromatic heterocycles. The maximum absolute atomic E-state index is 12.7. The Morgan fingerprint density at radius 1 is 1.13 bits per heavy atom. The predicted octanol–water partition coefficient (Wildman–Crippen LogP) is 4.13. The van der Waals surface area contributed by atoms with Crippen molar-refractivity contribution in [3.05, 3.63) is 16.0 Å². The number of carbonyl (C=O) groups excluding carboxylic acids is 2. The minimum absolute atomic E-state index is 0.0108. The van der Waals surface area contributed by atoms with Crippen molar-refractivity contribution in [2.75, 3.05) is 11.9 Å². The number of rotatable bonds is 5.